The summed E-state index contributed by atoms with van der Waals surface area (Å²) >= 11 is 6.21. The largest absolute Gasteiger partial charge is 0.324 e. The third kappa shape index (κ3) is 2.26. The van der Waals surface area contributed by atoms with Crippen LogP contribution in [0, 0.1) is 17.8 Å². The molecule has 2 fully saturated rings. The van der Waals surface area contributed by atoms with Crippen molar-refractivity contribution in [3.8, 4) is 0 Å². The Morgan fingerprint density at radius 2 is 1.89 bits per heavy atom. The van der Waals surface area contributed by atoms with Crippen LogP contribution in [0.25, 0.3) is 0 Å². The van der Waals surface area contributed by atoms with Crippen LogP contribution in [0.2, 0.25) is 5.02 Å². The van der Waals surface area contributed by atoms with E-state index in [0.29, 0.717) is 22.7 Å². The van der Waals surface area contributed by atoms with Crippen LogP contribution in [0.4, 0.5) is 5.69 Å². The first-order valence-corrected chi connectivity index (χ1v) is 9.87. The van der Waals surface area contributed by atoms with Crippen LogP contribution in [0.15, 0.2) is 18.2 Å². The predicted octanol–water partition coefficient (Wildman–Crippen LogP) is 2.51. The van der Waals surface area contributed by atoms with E-state index in [4.69, 9.17) is 11.6 Å². The highest BCUT2D eigenvalue weighted by Gasteiger charge is 2.71. The van der Waals surface area contributed by atoms with Gasteiger partial charge in [0.2, 0.25) is 17.7 Å². The fourth-order valence-corrected chi connectivity index (χ4v) is 5.09. The fraction of sp³-hybridized carbons (Fsp3) is 0.550. The lowest BCUT2D eigenvalue weighted by Crippen LogP contribution is -2.54. The van der Waals surface area contributed by atoms with Crippen molar-refractivity contribution < 1.29 is 14.4 Å². The molecule has 3 heterocycles. The molecule has 3 aliphatic heterocycles. The number of imide groups is 1. The van der Waals surface area contributed by atoms with E-state index in [1.54, 1.807) is 18.2 Å². The molecule has 1 spiro atoms. The average molecular weight is 390 g/mol. The van der Waals surface area contributed by atoms with E-state index in [1.165, 1.54) is 4.90 Å². The molecule has 0 radical (unpaired) electrons. The molecule has 3 amide bonds. The minimum Gasteiger partial charge on any atom is -0.324 e. The summed E-state index contributed by atoms with van der Waals surface area (Å²) in [6, 6.07) is 4.72. The molecular formula is C20H24ClN3O3. The van der Waals surface area contributed by atoms with Crippen molar-refractivity contribution in [2.75, 3.05) is 5.32 Å². The van der Waals surface area contributed by atoms with Crippen LogP contribution in [0.1, 0.15) is 39.7 Å². The first-order valence-electron chi connectivity index (χ1n) is 9.50. The van der Waals surface area contributed by atoms with Gasteiger partial charge < -0.3 is 5.32 Å². The molecule has 4 rings (SSSR count). The number of carbonyl (C=O) groups excluding carboxylic acids is 3. The van der Waals surface area contributed by atoms with Crippen molar-refractivity contribution >= 4 is 35.0 Å². The van der Waals surface area contributed by atoms with E-state index in [1.807, 2.05) is 27.7 Å². The zero-order valence-corrected chi connectivity index (χ0v) is 16.6. The second-order valence-corrected chi connectivity index (χ2v) is 8.61. The number of carbonyl (C=O) groups is 3. The van der Waals surface area contributed by atoms with Crippen molar-refractivity contribution in [3.05, 3.63) is 28.8 Å². The second-order valence-electron chi connectivity index (χ2n) is 8.17. The lowest BCUT2D eigenvalue weighted by atomic mass is 9.76. The van der Waals surface area contributed by atoms with Gasteiger partial charge in [0.1, 0.15) is 5.54 Å². The zero-order valence-electron chi connectivity index (χ0n) is 15.9. The summed E-state index contributed by atoms with van der Waals surface area (Å²) in [4.78, 5) is 41.2. The standard InChI is InChI=1S/C20H24ClN3O3/c1-5-10(4)24-17(25)14-15(18(24)26)20(23-16(14)9(2)3)12-8-11(21)6-7-13(12)22-19(20)27/h6-10,14-16,23H,5H2,1-4H3,(H,22,27)/t10-,14-,15-,16+,20+/m0/s1. The van der Waals surface area contributed by atoms with Gasteiger partial charge in [0.15, 0.2) is 0 Å². The number of nitrogens with zero attached hydrogens (tertiary/aromatic N) is 1. The molecule has 2 saturated heterocycles. The first-order chi connectivity index (χ1) is 12.7. The lowest BCUT2D eigenvalue weighted by Gasteiger charge is -2.31. The van der Waals surface area contributed by atoms with Crippen molar-refractivity contribution in [3.63, 3.8) is 0 Å². The van der Waals surface area contributed by atoms with Gasteiger partial charge in [0.05, 0.1) is 11.8 Å². The number of fused-ring (bicyclic) bond motifs is 4. The van der Waals surface area contributed by atoms with Gasteiger partial charge >= 0.3 is 0 Å². The molecule has 7 heteroatoms. The molecule has 6 nitrogen and oxygen atoms in total. The van der Waals surface area contributed by atoms with Gasteiger partial charge in [-0.2, -0.15) is 0 Å². The number of nitrogens with one attached hydrogen (secondary N) is 2. The summed E-state index contributed by atoms with van der Waals surface area (Å²) in [5.41, 5.74) is 0.0435. The number of benzene rings is 1. The summed E-state index contributed by atoms with van der Waals surface area (Å²) in [6.45, 7) is 7.83. The van der Waals surface area contributed by atoms with Crippen LogP contribution in [-0.2, 0) is 19.9 Å². The number of hydrogen-bond acceptors (Lipinski definition) is 4. The van der Waals surface area contributed by atoms with Crippen molar-refractivity contribution in [1.29, 1.82) is 0 Å². The van der Waals surface area contributed by atoms with E-state index in [-0.39, 0.29) is 35.7 Å². The Balaban J connectivity index is 1.92. The number of likely N-dealkylation sites (tertiary alicyclic amines) is 1. The van der Waals surface area contributed by atoms with Crippen LogP contribution >= 0.6 is 11.6 Å². The molecule has 0 aromatic heterocycles. The normalized spacial score (nSPS) is 33.0. The Labute approximate surface area is 163 Å². The summed E-state index contributed by atoms with van der Waals surface area (Å²) < 4.78 is 0. The molecule has 27 heavy (non-hydrogen) atoms. The SMILES string of the molecule is CC[C@H](C)N1C(=O)[C@@H]2[C@@H](C(C)C)N[C@@]3(C(=O)Nc4ccc(Cl)cc43)[C@@H]2C1=O. The van der Waals surface area contributed by atoms with E-state index in [2.05, 4.69) is 10.6 Å². The monoisotopic (exact) mass is 389 g/mol. The minimum absolute atomic E-state index is 0.0848. The molecule has 5 atom stereocenters. The topological polar surface area (TPSA) is 78.5 Å². The van der Waals surface area contributed by atoms with Gasteiger partial charge in [0, 0.05) is 28.4 Å². The Hall–Kier alpha value is -1.92. The Morgan fingerprint density at radius 1 is 1.19 bits per heavy atom. The molecule has 0 bridgehead atoms. The van der Waals surface area contributed by atoms with Crippen LogP contribution in [0.5, 0.6) is 0 Å². The molecule has 2 N–H and O–H groups in total. The first kappa shape index (κ1) is 18.4. The Kier molecular flexibility index (Phi) is 4.13. The minimum atomic E-state index is -1.26. The maximum Gasteiger partial charge on any atom is 0.250 e. The maximum absolute atomic E-state index is 13.4. The number of rotatable bonds is 3. The average Bonchev–Trinajstić information content (AvgIpc) is 3.20. The molecule has 3 aliphatic rings. The lowest BCUT2D eigenvalue weighted by molar-refractivity contribution is -0.145. The number of halogens is 1. The van der Waals surface area contributed by atoms with E-state index in [0.717, 1.165) is 0 Å². The fourth-order valence-electron chi connectivity index (χ4n) is 4.92. The van der Waals surface area contributed by atoms with Gasteiger partial charge in [-0.15, -0.1) is 0 Å². The van der Waals surface area contributed by atoms with Crippen LogP contribution < -0.4 is 10.6 Å². The third-order valence-corrected chi connectivity index (χ3v) is 6.63. The molecule has 144 valence electrons. The highest BCUT2D eigenvalue weighted by Crippen LogP contribution is 2.54. The van der Waals surface area contributed by atoms with Crippen LogP contribution in [-0.4, -0.2) is 34.7 Å². The van der Waals surface area contributed by atoms with Crippen LogP contribution in [0.3, 0.4) is 0 Å². The van der Waals surface area contributed by atoms with Gasteiger partial charge in [-0.3, -0.25) is 24.6 Å². The van der Waals surface area contributed by atoms with E-state index in [9.17, 15) is 14.4 Å². The molecule has 0 unspecified atom stereocenters. The number of amides is 3. The molecule has 0 aliphatic carbocycles. The number of hydrogen-bond donors (Lipinski definition) is 2. The number of anilines is 1. The zero-order chi connectivity index (χ0) is 19.7. The molecular weight excluding hydrogens is 366 g/mol. The second kappa shape index (κ2) is 6.04. The van der Waals surface area contributed by atoms with Crippen molar-refractivity contribution in [2.45, 2.75) is 51.7 Å². The van der Waals surface area contributed by atoms with Gasteiger partial charge in [-0.25, -0.2) is 0 Å². The van der Waals surface area contributed by atoms with Gasteiger partial charge in [-0.05, 0) is 37.5 Å². The molecule has 0 saturated carbocycles. The quantitative estimate of drug-likeness (QED) is 0.778. The summed E-state index contributed by atoms with van der Waals surface area (Å²) in [5.74, 6) is -1.96. The molecule has 1 aromatic carbocycles. The summed E-state index contributed by atoms with van der Waals surface area (Å²) in [7, 11) is 0. The van der Waals surface area contributed by atoms with E-state index < -0.39 is 17.4 Å². The summed E-state index contributed by atoms with van der Waals surface area (Å²) in [5, 5.41) is 6.77. The van der Waals surface area contributed by atoms with Crippen molar-refractivity contribution in [2.24, 2.45) is 17.8 Å². The predicted molar refractivity (Wildman–Crippen MR) is 102 cm³/mol. The molecule has 1 aromatic rings. The maximum atomic E-state index is 13.4. The Bertz CT molecular complexity index is 855. The highest BCUT2D eigenvalue weighted by atomic mass is 35.5. The van der Waals surface area contributed by atoms with Gasteiger partial charge in [-0.1, -0.05) is 32.4 Å². The summed E-state index contributed by atoms with van der Waals surface area (Å²) in [6.07, 6.45) is 0.679. The van der Waals surface area contributed by atoms with Crippen molar-refractivity contribution in [1.82, 2.24) is 10.2 Å². The highest BCUT2D eigenvalue weighted by molar-refractivity contribution is 6.31. The third-order valence-electron chi connectivity index (χ3n) is 6.40. The Morgan fingerprint density at radius 3 is 2.52 bits per heavy atom. The smallest absolute Gasteiger partial charge is 0.250 e. The van der Waals surface area contributed by atoms with Gasteiger partial charge in [0.25, 0.3) is 0 Å². The van der Waals surface area contributed by atoms with E-state index >= 15 is 0 Å².